The molecule has 1 heterocycles. The van der Waals surface area contributed by atoms with Crippen molar-refractivity contribution < 1.29 is 9.59 Å². The van der Waals surface area contributed by atoms with Gasteiger partial charge in [-0.15, -0.1) is 0 Å². The van der Waals surface area contributed by atoms with Gasteiger partial charge in [0.1, 0.15) is 0 Å². The number of amides is 2. The predicted molar refractivity (Wildman–Crippen MR) is 101 cm³/mol. The summed E-state index contributed by atoms with van der Waals surface area (Å²) in [6, 6.07) is 7.67. The SMILES string of the molecule is CCN(CC)CCNC(=O)C(=O)N1CCN(c2cccc(Cl)c2)CC1. The van der Waals surface area contributed by atoms with Crippen molar-refractivity contribution in [2.45, 2.75) is 13.8 Å². The number of likely N-dealkylation sites (N-methyl/N-ethyl adjacent to an activating group) is 1. The maximum absolute atomic E-state index is 12.3. The van der Waals surface area contributed by atoms with E-state index in [4.69, 9.17) is 11.6 Å². The molecule has 0 unspecified atom stereocenters. The quantitative estimate of drug-likeness (QED) is 0.774. The van der Waals surface area contributed by atoms with Gasteiger partial charge in [0.2, 0.25) is 0 Å². The van der Waals surface area contributed by atoms with Crippen LogP contribution < -0.4 is 10.2 Å². The van der Waals surface area contributed by atoms with E-state index in [-0.39, 0.29) is 0 Å². The fourth-order valence-electron chi connectivity index (χ4n) is 2.93. The summed E-state index contributed by atoms with van der Waals surface area (Å²) in [5.41, 5.74) is 1.04. The van der Waals surface area contributed by atoms with Gasteiger partial charge in [0.05, 0.1) is 0 Å². The number of halogens is 1. The van der Waals surface area contributed by atoms with Crippen LogP contribution in [0, 0.1) is 0 Å². The maximum Gasteiger partial charge on any atom is 0.312 e. The first-order valence-electron chi connectivity index (χ1n) is 8.85. The molecule has 138 valence electrons. The lowest BCUT2D eigenvalue weighted by Gasteiger charge is -2.35. The summed E-state index contributed by atoms with van der Waals surface area (Å²) in [5, 5.41) is 3.42. The lowest BCUT2D eigenvalue weighted by atomic mass is 10.2. The van der Waals surface area contributed by atoms with Crippen LogP contribution in [-0.4, -0.2) is 74.0 Å². The molecule has 1 aliphatic heterocycles. The molecule has 2 rings (SSSR count). The molecule has 0 spiro atoms. The molecule has 7 heteroatoms. The summed E-state index contributed by atoms with van der Waals surface area (Å²) in [4.78, 5) is 30.3. The molecule has 0 saturated carbocycles. The number of hydrogen-bond acceptors (Lipinski definition) is 4. The highest BCUT2D eigenvalue weighted by Crippen LogP contribution is 2.20. The second kappa shape index (κ2) is 9.63. The first-order valence-corrected chi connectivity index (χ1v) is 9.23. The van der Waals surface area contributed by atoms with Gasteiger partial charge >= 0.3 is 11.8 Å². The third-order valence-corrected chi connectivity index (χ3v) is 4.78. The molecular formula is C18H27ClN4O2. The number of piperazine rings is 1. The van der Waals surface area contributed by atoms with E-state index in [2.05, 4.69) is 29.0 Å². The molecular weight excluding hydrogens is 340 g/mol. The lowest BCUT2D eigenvalue weighted by molar-refractivity contribution is -0.146. The fourth-order valence-corrected chi connectivity index (χ4v) is 3.11. The van der Waals surface area contributed by atoms with Crippen LogP contribution in [0.15, 0.2) is 24.3 Å². The van der Waals surface area contributed by atoms with Crippen LogP contribution in [0.1, 0.15) is 13.8 Å². The molecule has 1 saturated heterocycles. The topological polar surface area (TPSA) is 55.9 Å². The maximum atomic E-state index is 12.3. The van der Waals surface area contributed by atoms with Crippen molar-refractivity contribution in [2.75, 3.05) is 57.3 Å². The zero-order chi connectivity index (χ0) is 18.2. The average Bonchev–Trinajstić information content (AvgIpc) is 2.64. The van der Waals surface area contributed by atoms with Gasteiger partial charge in [0, 0.05) is 50.0 Å². The van der Waals surface area contributed by atoms with Crippen molar-refractivity contribution in [1.82, 2.24) is 15.1 Å². The minimum atomic E-state index is -0.511. The second-order valence-electron chi connectivity index (χ2n) is 6.04. The van der Waals surface area contributed by atoms with E-state index in [0.29, 0.717) is 37.7 Å². The molecule has 1 fully saturated rings. The van der Waals surface area contributed by atoms with Crippen molar-refractivity contribution >= 4 is 29.1 Å². The summed E-state index contributed by atoms with van der Waals surface area (Å²) in [6.45, 7) is 9.74. The largest absolute Gasteiger partial charge is 0.368 e. The van der Waals surface area contributed by atoms with Gasteiger partial charge in [0.15, 0.2) is 0 Å². The molecule has 0 atom stereocenters. The van der Waals surface area contributed by atoms with E-state index >= 15 is 0 Å². The van der Waals surface area contributed by atoms with Gasteiger partial charge in [-0.2, -0.15) is 0 Å². The molecule has 0 aromatic heterocycles. The number of carbonyl (C=O) groups is 2. The summed E-state index contributed by atoms with van der Waals surface area (Å²) in [6.07, 6.45) is 0. The van der Waals surface area contributed by atoms with Crippen molar-refractivity contribution in [3.05, 3.63) is 29.3 Å². The van der Waals surface area contributed by atoms with Crippen LogP contribution in [0.3, 0.4) is 0 Å². The van der Waals surface area contributed by atoms with E-state index in [1.165, 1.54) is 0 Å². The highest BCUT2D eigenvalue weighted by molar-refractivity contribution is 6.35. The first-order chi connectivity index (χ1) is 12.0. The van der Waals surface area contributed by atoms with Gasteiger partial charge in [-0.05, 0) is 31.3 Å². The predicted octanol–water partition coefficient (Wildman–Crippen LogP) is 1.45. The van der Waals surface area contributed by atoms with E-state index in [9.17, 15) is 9.59 Å². The Bertz CT molecular complexity index is 584. The molecule has 1 aliphatic rings. The second-order valence-corrected chi connectivity index (χ2v) is 6.48. The van der Waals surface area contributed by atoms with E-state index in [1.807, 2.05) is 24.3 Å². The van der Waals surface area contributed by atoms with Crippen molar-refractivity contribution in [2.24, 2.45) is 0 Å². The average molecular weight is 367 g/mol. The highest BCUT2D eigenvalue weighted by Gasteiger charge is 2.26. The fraction of sp³-hybridized carbons (Fsp3) is 0.556. The summed E-state index contributed by atoms with van der Waals surface area (Å²) in [7, 11) is 0. The highest BCUT2D eigenvalue weighted by atomic mass is 35.5. The minimum Gasteiger partial charge on any atom is -0.368 e. The number of anilines is 1. The molecule has 1 aromatic carbocycles. The number of carbonyl (C=O) groups excluding carboxylic acids is 2. The van der Waals surface area contributed by atoms with E-state index < -0.39 is 11.8 Å². The normalized spacial score (nSPS) is 14.7. The molecule has 0 bridgehead atoms. The van der Waals surface area contributed by atoms with Crippen LogP contribution >= 0.6 is 11.6 Å². The number of nitrogens with one attached hydrogen (secondary N) is 1. The Morgan fingerprint density at radius 2 is 1.84 bits per heavy atom. The summed E-state index contributed by atoms with van der Waals surface area (Å²) >= 11 is 6.03. The van der Waals surface area contributed by atoms with Gasteiger partial charge < -0.3 is 20.0 Å². The Hall–Kier alpha value is -1.79. The van der Waals surface area contributed by atoms with Gasteiger partial charge in [-0.1, -0.05) is 31.5 Å². The zero-order valence-electron chi connectivity index (χ0n) is 15.0. The molecule has 0 aliphatic carbocycles. The standard InChI is InChI=1S/C18H27ClN4O2/c1-3-21(4-2)9-8-20-17(24)18(25)23-12-10-22(11-13-23)16-7-5-6-15(19)14-16/h5-7,14H,3-4,8-13H2,1-2H3,(H,20,24). The monoisotopic (exact) mass is 366 g/mol. The number of benzene rings is 1. The number of rotatable bonds is 6. The van der Waals surface area contributed by atoms with Crippen LogP contribution in [-0.2, 0) is 9.59 Å². The molecule has 2 amide bonds. The van der Waals surface area contributed by atoms with Crippen molar-refractivity contribution in [3.63, 3.8) is 0 Å². The third-order valence-electron chi connectivity index (χ3n) is 4.54. The Balaban J connectivity index is 1.77. The van der Waals surface area contributed by atoms with Crippen LogP contribution in [0.4, 0.5) is 5.69 Å². The Morgan fingerprint density at radius 1 is 1.16 bits per heavy atom. The van der Waals surface area contributed by atoms with Gasteiger partial charge in [-0.25, -0.2) is 0 Å². The van der Waals surface area contributed by atoms with Crippen LogP contribution in [0.2, 0.25) is 5.02 Å². The van der Waals surface area contributed by atoms with Crippen molar-refractivity contribution in [1.29, 1.82) is 0 Å². The smallest absolute Gasteiger partial charge is 0.312 e. The van der Waals surface area contributed by atoms with E-state index in [0.717, 1.165) is 25.3 Å². The molecule has 6 nitrogen and oxygen atoms in total. The molecule has 25 heavy (non-hydrogen) atoms. The third kappa shape index (κ3) is 5.61. The summed E-state index contributed by atoms with van der Waals surface area (Å²) < 4.78 is 0. The Morgan fingerprint density at radius 3 is 2.44 bits per heavy atom. The van der Waals surface area contributed by atoms with Gasteiger partial charge in [0.25, 0.3) is 0 Å². The number of nitrogens with zero attached hydrogens (tertiary/aromatic N) is 3. The van der Waals surface area contributed by atoms with Gasteiger partial charge in [-0.3, -0.25) is 9.59 Å². The van der Waals surface area contributed by atoms with Crippen LogP contribution in [0.5, 0.6) is 0 Å². The molecule has 0 radical (unpaired) electrons. The zero-order valence-corrected chi connectivity index (χ0v) is 15.8. The Kier molecular flexibility index (Phi) is 7.52. The molecule has 1 aromatic rings. The number of hydrogen-bond donors (Lipinski definition) is 1. The summed E-state index contributed by atoms with van der Waals surface area (Å²) in [5.74, 6) is -0.950. The lowest BCUT2D eigenvalue weighted by Crippen LogP contribution is -2.53. The molecule has 1 N–H and O–H groups in total. The minimum absolute atomic E-state index is 0.440. The van der Waals surface area contributed by atoms with Crippen molar-refractivity contribution in [3.8, 4) is 0 Å². The van der Waals surface area contributed by atoms with Crippen LogP contribution in [0.25, 0.3) is 0 Å². The van der Waals surface area contributed by atoms with E-state index in [1.54, 1.807) is 4.90 Å². The first kappa shape index (κ1) is 19.5. The Labute approximate surface area is 154 Å².